The van der Waals surface area contributed by atoms with Crippen LogP contribution < -0.4 is 10.6 Å². The number of hydrogen-bond donors (Lipinski definition) is 2. The van der Waals surface area contributed by atoms with E-state index in [9.17, 15) is 13.2 Å². The Kier molecular flexibility index (Phi) is 8.87. The van der Waals surface area contributed by atoms with E-state index in [0.29, 0.717) is 12.5 Å². The van der Waals surface area contributed by atoms with Crippen molar-refractivity contribution in [3.05, 3.63) is 35.9 Å². The van der Waals surface area contributed by atoms with Gasteiger partial charge in [-0.3, -0.25) is 9.89 Å². The molecule has 1 fully saturated rings. The van der Waals surface area contributed by atoms with E-state index in [1.54, 1.807) is 7.05 Å². The molecule has 1 aliphatic rings. The zero-order valence-corrected chi connectivity index (χ0v) is 15.9. The number of nitrogens with one attached hydrogen (secondary N) is 2. The fraction of sp³-hybridized carbons (Fsp3) is 0.632. The molecular formula is C19H30F3N5. The molecule has 0 bridgehead atoms. The molecular weight excluding hydrogens is 355 g/mol. The number of benzene rings is 1. The largest absolute Gasteiger partial charge is 0.390 e. The molecule has 1 aromatic carbocycles. The first-order valence-electron chi connectivity index (χ1n) is 9.46. The van der Waals surface area contributed by atoms with Gasteiger partial charge in [-0.25, -0.2) is 0 Å². The molecule has 0 saturated carbocycles. The Morgan fingerprint density at radius 3 is 2.26 bits per heavy atom. The lowest BCUT2D eigenvalue weighted by Gasteiger charge is -2.34. The van der Waals surface area contributed by atoms with Crippen molar-refractivity contribution in [3.63, 3.8) is 0 Å². The minimum atomic E-state index is -4.14. The van der Waals surface area contributed by atoms with Crippen LogP contribution in [0.5, 0.6) is 0 Å². The Morgan fingerprint density at radius 1 is 1.00 bits per heavy atom. The molecule has 0 radical (unpaired) electrons. The van der Waals surface area contributed by atoms with Crippen LogP contribution in [0.1, 0.15) is 18.4 Å². The van der Waals surface area contributed by atoms with Gasteiger partial charge in [-0.15, -0.1) is 0 Å². The van der Waals surface area contributed by atoms with Crippen molar-refractivity contribution in [2.24, 2.45) is 4.99 Å². The third-order valence-corrected chi connectivity index (χ3v) is 4.58. The van der Waals surface area contributed by atoms with Gasteiger partial charge in [0.15, 0.2) is 5.96 Å². The van der Waals surface area contributed by atoms with Crippen LogP contribution in [0.15, 0.2) is 35.3 Å². The summed E-state index contributed by atoms with van der Waals surface area (Å²) in [5, 5.41) is 5.76. The molecule has 0 aromatic heterocycles. The highest BCUT2D eigenvalue weighted by molar-refractivity contribution is 5.79. The zero-order valence-electron chi connectivity index (χ0n) is 15.9. The number of nitrogens with zero attached hydrogens (tertiary/aromatic N) is 3. The van der Waals surface area contributed by atoms with Crippen molar-refractivity contribution in [1.82, 2.24) is 20.4 Å². The molecule has 1 heterocycles. The first-order valence-corrected chi connectivity index (χ1v) is 9.46. The normalized spacial score (nSPS) is 17.1. The predicted octanol–water partition coefficient (Wildman–Crippen LogP) is 2.31. The molecule has 0 spiro atoms. The summed E-state index contributed by atoms with van der Waals surface area (Å²) in [4.78, 5) is 8.85. The third kappa shape index (κ3) is 9.10. The summed E-state index contributed by atoms with van der Waals surface area (Å²) in [6.07, 6.45) is -4.08. The van der Waals surface area contributed by atoms with E-state index < -0.39 is 12.6 Å². The second-order valence-electron chi connectivity index (χ2n) is 6.75. The van der Waals surface area contributed by atoms with Crippen LogP contribution in [-0.2, 0) is 6.54 Å². The summed E-state index contributed by atoms with van der Waals surface area (Å²) in [5.41, 5.74) is 1.35. The van der Waals surface area contributed by atoms with Crippen LogP contribution in [0.3, 0.4) is 0 Å². The Balaban J connectivity index is 1.55. The molecule has 0 unspecified atom stereocenters. The van der Waals surface area contributed by atoms with E-state index in [-0.39, 0.29) is 6.54 Å². The van der Waals surface area contributed by atoms with Crippen molar-refractivity contribution in [1.29, 1.82) is 0 Å². The Hall–Kier alpha value is -1.80. The monoisotopic (exact) mass is 385 g/mol. The van der Waals surface area contributed by atoms with E-state index in [0.717, 1.165) is 45.7 Å². The number of rotatable bonds is 8. The van der Waals surface area contributed by atoms with Gasteiger partial charge >= 0.3 is 6.18 Å². The fourth-order valence-electron chi connectivity index (χ4n) is 3.07. The van der Waals surface area contributed by atoms with Crippen molar-refractivity contribution in [3.8, 4) is 0 Å². The quantitative estimate of drug-likeness (QED) is 0.410. The Bertz CT molecular complexity index is 554. The van der Waals surface area contributed by atoms with Gasteiger partial charge in [-0.1, -0.05) is 30.3 Å². The summed E-state index contributed by atoms with van der Waals surface area (Å²) >= 11 is 0. The maximum absolute atomic E-state index is 12.2. The highest BCUT2D eigenvalue weighted by Crippen LogP contribution is 2.18. The SMILES string of the molecule is CN=C(NCCCN1CCN(Cc2ccccc2)CC1)NCCC(F)(F)F. The van der Waals surface area contributed by atoms with Crippen molar-refractivity contribution in [2.75, 3.05) is 52.9 Å². The smallest absolute Gasteiger partial charge is 0.356 e. The molecule has 2 rings (SSSR count). The van der Waals surface area contributed by atoms with E-state index in [1.165, 1.54) is 5.56 Å². The standard InChI is InChI=1S/C19H30F3N5/c1-23-18(25-10-8-19(20,21)22)24-9-5-11-26-12-14-27(15-13-26)16-17-6-3-2-4-7-17/h2-4,6-7H,5,8-16H2,1H3,(H2,23,24,25). The van der Waals surface area contributed by atoms with E-state index >= 15 is 0 Å². The van der Waals surface area contributed by atoms with Gasteiger partial charge in [0.05, 0.1) is 6.42 Å². The first-order chi connectivity index (χ1) is 13.0. The molecule has 152 valence electrons. The molecule has 0 amide bonds. The fourth-order valence-corrected chi connectivity index (χ4v) is 3.07. The summed E-state index contributed by atoms with van der Waals surface area (Å²) < 4.78 is 36.5. The van der Waals surface area contributed by atoms with Gasteiger partial charge in [0.25, 0.3) is 0 Å². The minimum Gasteiger partial charge on any atom is -0.356 e. The minimum absolute atomic E-state index is 0.160. The lowest BCUT2D eigenvalue weighted by Crippen LogP contribution is -2.46. The average molecular weight is 385 g/mol. The summed E-state index contributed by atoms with van der Waals surface area (Å²) in [7, 11) is 1.56. The van der Waals surface area contributed by atoms with Gasteiger partial charge in [0.2, 0.25) is 0 Å². The van der Waals surface area contributed by atoms with Crippen LogP contribution >= 0.6 is 0 Å². The van der Waals surface area contributed by atoms with Crippen molar-refractivity contribution < 1.29 is 13.2 Å². The molecule has 1 saturated heterocycles. The van der Waals surface area contributed by atoms with Gasteiger partial charge < -0.3 is 15.5 Å². The number of hydrogen-bond acceptors (Lipinski definition) is 3. The molecule has 8 heteroatoms. The van der Waals surface area contributed by atoms with Crippen LogP contribution in [-0.4, -0.2) is 74.8 Å². The molecule has 1 aromatic rings. The summed E-state index contributed by atoms with van der Waals surface area (Å²) in [6, 6.07) is 10.5. The molecule has 0 aliphatic carbocycles. The second-order valence-corrected chi connectivity index (χ2v) is 6.75. The number of guanidine groups is 1. The first kappa shape index (κ1) is 21.5. The molecule has 1 aliphatic heterocycles. The van der Waals surface area contributed by atoms with Crippen molar-refractivity contribution in [2.45, 2.75) is 25.6 Å². The van der Waals surface area contributed by atoms with E-state index in [1.807, 2.05) is 6.07 Å². The van der Waals surface area contributed by atoms with E-state index in [2.05, 4.69) is 49.7 Å². The highest BCUT2D eigenvalue weighted by atomic mass is 19.4. The number of halogens is 3. The van der Waals surface area contributed by atoms with Crippen LogP contribution in [0.25, 0.3) is 0 Å². The van der Waals surface area contributed by atoms with Crippen LogP contribution in [0.4, 0.5) is 13.2 Å². The van der Waals surface area contributed by atoms with Gasteiger partial charge in [0, 0.05) is 52.9 Å². The number of alkyl halides is 3. The maximum atomic E-state index is 12.2. The van der Waals surface area contributed by atoms with Crippen LogP contribution in [0.2, 0.25) is 0 Å². The number of piperazine rings is 1. The lowest BCUT2D eigenvalue weighted by atomic mass is 10.2. The molecule has 0 atom stereocenters. The highest BCUT2D eigenvalue weighted by Gasteiger charge is 2.26. The molecule has 2 N–H and O–H groups in total. The lowest BCUT2D eigenvalue weighted by molar-refractivity contribution is -0.132. The topological polar surface area (TPSA) is 42.9 Å². The summed E-state index contributed by atoms with van der Waals surface area (Å²) in [6.45, 7) is 6.72. The molecule has 5 nitrogen and oxygen atoms in total. The van der Waals surface area contributed by atoms with E-state index in [4.69, 9.17) is 0 Å². The number of aliphatic imine (C=N–C) groups is 1. The average Bonchev–Trinajstić information content (AvgIpc) is 2.65. The van der Waals surface area contributed by atoms with Gasteiger partial charge in [0.1, 0.15) is 0 Å². The Morgan fingerprint density at radius 2 is 1.63 bits per heavy atom. The molecule has 27 heavy (non-hydrogen) atoms. The second kappa shape index (κ2) is 11.1. The third-order valence-electron chi connectivity index (χ3n) is 4.58. The van der Waals surface area contributed by atoms with Crippen LogP contribution in [0, 0.1) is 0 Å². The predicted molar refractivity (Wildman–Crippen MR) is 103 cm³/mol. The van der Waals surface area contributed by atoms with Gasteiger partial charge in [-0.2, -0.15) is 13.2 Å². The Labute approximate surface area is 159 Å². The van der Waals surface area contributed by atoms with Crippen molar-refractivity contribution >= 4 is 5.96 Å². The zero-order chi connectivity index (χ0) is 19.5. The van der Waals surface area contributed by atoms with Gasteiger partial charge in [-0.05, 0) is 18.5 Å². The summed E-state index contributed by atoms with van der Waals surface area (Å²) in [5.74, 6) is 0.423. The maximum Gasteiger partial charge on any atom is 0.390 e.